The summed E-state index contributed by atoms with van der Waals surface area (Å²) >= 11 is 0. The molecule has 11 rings (SSSR count). The van der Waals surface area contributed by atoms with E-state index in [-0.39, 0.29) is 0 Å². The number of rotatable bonds is 5. The minimum absolute atomic E-state index is 0.852. The predicted octanol–water partition coefficient (Wildman–Crippen LogP) is 12.0. The first-order chi connectivity index (χ1) is 27.1. The zero-order valence-corrected chi connectivity index (χ0v) is 30.7. The maximum absolute atomic E-state index is 15.8. The maximum Gasteiger partial charge on any atom is 0.172 e. The Bertz CT molecular complexity index is 3150. The number of nitrogens with zero attached hydrogens (tertiary/aromatic N) is 2. The molecule has 1 aliphatic heterocycles. The Balaban J connectivity index is 1.23. The maximum atomic E-state index is 15.8. The Labute approximate surface area is 319 Å². The zero-order chi connectivity index (χ0) is 36.5. The summed E-state index contributed by atoms with van der Waals surface area (Å²) in [6.45, 7) is 0. The zero-order valence-electron chi connectivity index (χ0n) is 29.8. The van der Waals surface area contributed by atoms with Crippen LogP contribution >= 0.6 is 7.14 Å². The minimum Gasteiger partial charge on any atom is -0.309 e. The third-order valence-electron chi connectivity index (χ3n) is 11.2. The van der Waals surface area contributed by atoms with Gasteiger partial charge < -0.3 is 9.13 Å². The summed E-state index contributed by atoms with van der Waals surface area (Å²) < 4.78 is 18.2. The standard InChI is InChI=1S/C51H33N2OP/c54-55(40-19-8-3-9-20-40)49-23-13-12-22-42(49)45-32-44-43-29-28-36-16-10-11-21-41(36)51(43)53(48(44)33-50(45)55)39-30-46(37-17-6-2-7-18-37)52-47(31-39)38-26-24-35(25-27-38)34-14-4-1-5-15-34/h1-33H. The van der Waals surface area contributed by atoms with Crippen LogP contribution in [-0.4, -0.2) is 9.55 Å². The van der Waals surface area contributed by atoms with Gasteiger partial charge in [-0.2, -0.15) is 0 Å². The van der Waals surface area contributed by atoms with Gasteiger partial charge >= 0.3 is 0 Å². The number of hydrogen-bond acceptors (Lipinski definition) is 2. The van der Waals surface area contributed by atoms with E-state index in [2.05, 4.69) is 156 Å². The van der Waals surface area contributed by atoms with E-state index in [1.54, 1.807) is 0 Å². The Kier molecular flexibility index (Phi) is 7.14. The van der Waals surface area contributed by atoms with Crippen molar-refractivity contribution in [1.82, 2.24) is 9.55 Å². The van der Waals surface area contributed by atoms with Gasteiger partial charge in [0.25, 0.3) is 0 Å². The average molecular weight is 721 g/mol. The van der Waals surface area contributed by atoms with Gasteiger partial charge in [0.2, 0.25) is 0 Å². The van der Waals surface area contributed by atoms with E-state index < -0.39 is 7.14 Å². The molecule has 0 N–H and O–H groups in total. The molecule has 0 saturated carbocycles. The average Bonchev–Trinajstić information content (AvgIpc) is 3.73. The lowest BCUT2D eigenvalue weighted by Crippen LogP contribution is -2.20. The van der Waals surface area contributed by atoms with E-state index >= 15 is 4.57 Å². The molecular formula is C51H33N2OP. The van der Waals surface area contributed by atoms with Crippen molar-refractivity contribution in [3.8, 4) is 50.5 Å². The lowest BCUT2D eigenvalue weighted by atomic mass is 10.0. The number of pyridine rings is 1. The molecule has 10 aromatic rings. The first-order valence-corrected chi connectivity index (χ1v) is 20.4. The molecule has 3 heterocycles. The van der Waals surface area contributed by atoms with Gasteiger partial charge in [0.05, 0.1) is 28.1 Å². The summed E-state index contributed by atoms with van der Waals surface area (Å²) in [5.41, 5.74) is 11.4. The van der Waals surface area contributed by atoms with E-state index in [0.29, 0.717) is 0 Å². The molecule has 0 saturated heterocycles. The van der Waals surface area contributed by atoms with Crippen LogP contribution in [0.15, 0.2) is 200 Å². The van der Waals surface area contributed by atoms with Crippen molar-refractivity contribution in [3.05, 3.63) is 200 Å². The van der Waals surface area contributed by atoms with E-state index in [4.69, 9.17) is 4.98 Å². The fourth-order valence-electron chi connectivity index (χ4n) is 8.59. The molecule has 1 aliphatic rings. The molecule has 0 amide bonds. The van der Waals surface area contributed by atoms with Crippen molar-refractivity contribution in [2.75, 3.05) is 0 Å². The second-order valence-electron chi connectivity index (χ2n) is 14.3. The van der Waals surface area contributed by atoms with Crippen molar-refractivity contribution in [3.63, 3.8) is 0 Å². The van der Waals surface area contributed by atoms with Gasteiger partial charge in [-0.25, -0.2) is 4.98 Å². The van der Waals surface area contributed by atoms with Gasteiger partial charge in [-0.3, -0.25) is 0 Å². The van der Waals surface area contributed by atoms with E-state index in [1.165, 1.54) is 10.9 Å². The molecular weight excluding hydrogens is 688 g/mol. The number of fused-ring (bicyclic) bond motifs is 8. The lowest BCUT2D eigenvalue weighted by molar-refractivity contribution is 0.593. The SMILES string of the molecule is O=P1(c2ccccc2)c2ccccc2-c2cc3c4ccc5ccccc5c4n(-c4cc(-c5ccccc5)nc(-c5ccc(-c6ccccc6)cc5)c4)c3cc21. The minimum atomic E-state index is -3.18. The van der Waals surface area contributed by atoms with Crippen LogP contribution in [-0.2, 0) is 4.57 Å². The fourth-order valence-corrected chi connectivity index (χ4v) is 11.7. The van der Waals surface area contributed by atoms with E-state index in [1.807, 2.05) is 48.5 Å². The summed E-state index contributed by atoms with van der Waals surface area (Å²) in [6, 6.07) is 69.9. The third-order valence-corrected chi connectivity index (χ3v) is 14.3. The van der Waals surface area contributed by atoms with Crippen molar-refractivity contribution < 1.29 is 4.57 Å². The van der Waals surface area contributed by atoms with Crippen molar-refractivity contribution >= 4 is 55.6 Å². The molecule has 1 unspecified atom stereocenters. The monoisotopic (exact) mass is 720 g/mol. The normalized spacial score (nSPS) is 14.7. The van der Waals surface area contributed by atoms with E-state index in [9.17, 15) is 0 Å². The molecule has 0 aliphatic carbocycles. The number of benzene rings is 8. The largest absolute Gasteiger partial charge is 0.309 e. The topological polar surface area (TPSA) is 34.9 Å². The van der Waals surface area contributed by atoms with Crippen LogP contribution in [0.25, 0.3) is 83.0 Å². The predicted molar refractivity (Wildman–Crippen MR) is 231 cm³/mol. The van der Waals surface area contributed by atoms with Crippen LogP contribution in [0.1, 0.15) is 0 Å². The molecule has 0 bridgehead atoms. The summed E-state index contributed by atoms with van der Waals surface area (Å²) in [7, 11) is -3.18. The Morgan fingerprint density at radius 1 is 0.418 bits per heavy atom. The van der Waals surface area contributed by atoms with Gasteiger partial charge in [0.15, 0.2) is 7.14 Å². The molecule has 1 atom stereocenters. The van der Waals surface area contributed by atoms with Gasteiger partial charge in [-0.15, -0.1) is 0 Å². The fraction of sp³-hybridized carbons (Fsp3) is 0. The highest BCUT2D eigenvalue weighted by molar-refractivity contribution is 7.86. The summed E-state index contributed by atoms with van der Waals surface area (Å²) in [6.07, 6.45) is 0. The molecule has 4 heteroatoms. The molecule has 0 radical (unpaired) electrons. The number of aromatic nitrogens is 2. The smallest absolute Gasteiger partial charge is 0.172 e. The highest BCUT2D eigenvalue weighted by Crippen LogP contribution is 2.53. The second-order valence-corrected chi connectivity index (χ2v) is 17.0. The molecule has 55 heavy (non-hydrogen) atoms. The number of hydrogen-bond donors (Lipinski definition) is 0. The first kappa shape index (κ1) is 31.7. The third kappa shape index (κ3) is 4.91. The van der Waals surface area contributed by atoms with Crippen LogP contribution in [0.3, 0.4) is 0 Å². The summed E-state index contributed by atoms with van der Waals surface area (Å²) in [4.78, 5) is 5.30. The van der Waals surface area contributed by atoms with Crippen molar-refractivity contribution in [2.45, 2.75) is 0 Å². The van der Waals surface area contributed by atoms with Crippen LogP contribution in [0.5, 0.6) is 0 Å². The molecule has 8 aromatic carbocycles. The molecule has 2 aromatic heterocycles. The van der Waals surface area contributed by atoms with Crippen molar-refractivity contribution in [2.24, 2.45) is 0 Å². The van der Waals surface area contributed by atoms with Crippen LogP contribution in [0.4, 0.5) is 0 Å². The Hall–Kier alpha value is -6.80. The van der Waals surface area contributed by atoms with Crippen LogP contribution in [0, 0.1) is 0 Å². The van der Waals surface area contributed by atoms with Crippen LogP contribution in [0.2, 0.25) is 0 Å². The van der Waals surface area contributed by atoms with Gasteiger partial charge in [-0.1, -0.05) is 176 Å². The lowest BCUT2D eigenvalue weighted by Gasteiger charge is -2.17. The first-order valence-electron chi connectivity index (χ1n) is 18.6. The molecule has 3 nitrogen and oxygen atoms in total. The molecule has 0 fully saturated rings. The van der Waals surface area contributed by atoms with Gasteiger partial charge in [-0.05, 0) is 51.9 Å². The Morgan fingerprint density at radius 2 is 1.00 bits per heavy atom. The summed E-state index contributed by atoms with van der Waals surface area (Å²) in [5.74, 6) is 0. The molecule has 0 spiro atoms. The highest BCUT2D eigenvalue weighted by Gasteiger charge is 2.40. The highest BCUT2D eigenvalue weighted by atomic mass is 31.2. The summed E-state index contributed by atoms with van der Waals surface area (Å²) in [5, 5.41) is 7.25. The Morgan fingerprint density at radius 3 is 1.75 bits per heavy atom. The van der Waals surface area contributed by atoms with Gasteiger partial charge in [0, 0.05) is 43.2 Å². The molecule has 258 valence electrons. The van der Waals surface area contributed by atoms with Crippen molar-refractivity contribution in [1.29, 1.82) is 0 Å². The van der Waals surface area contributed by atoms with E-state index in [0.717, 1.165) is 88.0 Å². The van der Waals surface area contributed by atoms with Gasteiger partial charge in [0.1, 0.15) is 0 Å². The van der Waals surface area contributed by atoms with Crippen LogP contribution < -0.4 is 15.9 Å². The second kappa shape index (κ2) is 12.4. The quantitative estimate of drug-likeness (QED) is 0.166.